The highest BCUT2D eigenvalue weighted by atomic mass is 79.9. The van der Waals surface area contributed by atoms with E-state index in [-0.39, 0.29) is 5.56 Å². The number of aromatic nitrogens is 2. The Balaban J connectivity index is 2.78. The van der Waals surface area contributed by atoms with Crippen molar-refractivity contribution in [3.8, 4) is 0 Å². The summed E-state index contributed by atoms with van der Waals surface area (Å²) in [5.41, 5.74) is 1.50. The lowest BCUT2D eigenvalue weighted by molar-refractivity contribution is 0.152. The topological polar surface area (TPSA) is 28.7 Å². The van der Waals surface area contributed by atoms with E-state index in [4.69, 9.17) is 0 Å². The molecule has 0 radical (unpaired) electrons. The van der Waals surface area contributed by atoms with Gasteiger partial charge in [0.05, 0.1) is 11.0 Å². The van der Waals surface area contributed by atoms with Gasteiger partial charge in [-0.05, 0) is 27.6 Å². The van der Waals surface area contributed by atoms with Crippen LogP contribution in [0.3, 0.4) is 0 Å². The predicted octanol–water partition coefficient (Wildman–Crippen LogP) is 4.16. The van der Waals surface area contributed by atoms with Crippen molar-refractivity contribution in [1.29, 1.82) is 0 Å². The van der Waals surface area contributed by atoms with Crippen molar-refractivity contribution in [2.75, 3.05) is 0 Å². The van der Waals surface area contributed by atoms with Crippen LogP contribution in [0.25, 0.3) is 11.0 Å². The molecule has 1 N–H and O–H groups in total. The van der Waals surface area contributed by atoms with Crippen LogP contribution in [0, 0.1) is 0 Å². The molecule has 0 fully saturated rings. The van der Waals surface area contributed by atoms with Crippen LogP contribution < -0.4 is 0 Å². The second-order valence-electron chi connectivity index (χ2n) is 3.00. The van der Waals surface area contributed by atoms with Gasteiger partial charge >= 0.3 is 0 Å². The first-order chi connectivity index (χ1) is 7.13. The Kier molecular flexibility index (Phi) is 3.06. The molecule has 2 rings (SSSR count). The monoisotopic (exact) mass is 338 g/mol. The van der Waals surface area contributed by atoms with Crippen LogP contribution in [-0.4, -0.2) is 9.97 Å². The van der Waals surface area contributed by atoms with Crippen LogP contribution in [0.2, 0.25) is 0 Å². The highest BCUT2D eigenvalue weighted by Gasteiger charge is 2.18. The SMILES string of the molecule is FC(F)c1c(CBr)ccc2[nH]c(Br)nc12. The fraction of sp³-hybridized carbons (Fsp3) is 0.222. The maximum absolute atomic E-state index is 12.9. The smallest absolute Gasteiger partial charge is 0.266 e. The molecule has 1 aromatic heterocycles. The quantitative estimate of drug-likeness (QED) is 0.818. The van der Waals surface area contributed by atoms with Crippen molar-refractivity contribution in [2.45, 2.75) is 11.8 Å². The number of H-pyrrole nitrogens is 1. The molecule has 0 amide bonds. The molecule has 0 aliphatic heterocycles. The molecule has 0 bridgehead atoms. The van der Waals surface area contributed by atoms with Crippen molar-refractivity contribution in [1.82, 2.24) is 9.97 Å². The molecule has 0 saturated carbocycles. The fourth-order valence-electron chi connectivity index (χ4n) is 1.47. The summed E-state index contributed by atoms with van der Waals surface area (Å²) < 4.78 is 26.2. The number of alkyl halides is 3. The maximum Gasteiger partial charge on any atom is 0.266 e. The average molecular weight is 340 g/mol. The van der Waals surface area contributed by atoms with Crippen molar-refractivity contribution in [2.24, 2.45) is 0 Å². The van der Waals surface area contributed by atoms with Gasteiger partial charge < -0.3 is 4.98 Å². The van der Waals surface area contributed by atoms with E-state index in [1.807, 2.05) is 0 Å². The first kappa shape index (κ1) is 11.0. The summed E-state index contributed by atoms with van der Waals surface area (Å²) in [5.74, 6) is 0. The van der Waals surface area contributed by atoms with Gasteiger partial charge in [0.15, 0.2) is 4.73 Å². The van der Waals surface area contributed by atoms with E-state index in [0.29, 0.717) is 26.7 Å². The minimum absolute atomic E-state index is 0.00803. The summed E-state index contributed by atoms with van der Waals surface area (Å²) in [6.45, 7) is 0. The first-order valence-corrected chi connectivity index (χ1v) is 6.06. The molecule has 2 aromatic rings. The zero-order chi connectivity index (χ0) is 11.0. The highest BCUT2D eigenvalue weighted by molar-refractivity contribution is 9.10. The van der Waals surface area contributed by atoms with Crippen molar-refractivity contribution >= 4 is 42.9 Å². The van der Waals surface area contributed by atoms with Crippen molar-refractivity contribution in [3.05, 3.63) is 28.0 Å². The molecular weight excluding hydrogens is 334 g/mol. The zero-order valence-corrected chi connectivity index (χ0v) is 10.6. The van der Waals surface area contributed by atoms with Crippen LogP contribution in [-0.2, 0) is 5.33 Å². The molecule has 0 aliphatic rings. The van der Waals surface area contributed by atoms with Gasteiger partial charge in [0.2, 0.25) is 0 Å². The van der Waals surface area contributed by atoms with Gasteiger partial charge in [0.25, 0.3) is 6.43 Å². The minimum atomic E-state index is -2.52. The average Bonchev–Trinajstić information content (AvgIpc) is 2.55. The Morgan fingerprint density at radius 1 is 1.40 bits per heavy atom. The van der Waals surface area contributed by atoms with E-state index < -0.39 is 6.43 Å². The third-order valence-corrected chi connectivity index (χ3v) is 3.10. The third-order valence-electron chi connectivity index (χ3n) is 2.12. The molecule has 15 heavy (non-hydrogen) atoms. The van der Waals surface area contributed by atoms with Gasteiger partial charge in [-0.15, -0.1) is 0 Å². The third kappa shape index (κ3) is 1.92. The van der Waals surface area contributed by atoms with E-state index >= 15 is 0 Å². The number of rotatable bonds is 2. The van der Waals surface area contributed by atoms with Crippen molar-refractivity contribution in [3.63, 3.8) is 0 Å². The fourth-order valence-corrected chi connectivity index (χ4v) is 2.35. The molecule has 0 atom stereocenters. The van der Waals surface area contributed by atoms with Crippen LogP contribution in [0.1, 0.15) is 17.6 Å². The van der Waals surface area contributed by atoms with E-state index in [1.165, 1.54) is 0 Å². The Morgan fingerprint density at radius 2 is 2.13 bits per heavy atom. The van der Waals surface area contributed by atoms with Gasteiger partial charge in [-0.25, -0.2) is 13.8 Å². The summed E-state index contributed by atoms with van der Waals surface area (Å²) in [7, 11) is 0. The van der Waals surface area contributed by atoms with E-state index in [0.717, 1.165) is 0 Å². The number of hydrogen-bond acceptors (Lipinski definition) is 1. The van der Waals surface area contributed by atoms with Gasteiger partial charge in [0, 0.05) is 10.9 Å². The van der Waals surface area contributed by atoms with Gasteiger partial charge in [0.1, 0.15) is 0 Å². The number of aromatic amines is 1. The molecular formula is C9H6Br2F2N2. The van der Waals surface area contributed by atoms with E-state index in [1.54, 1.807) is 12.1 Å². The molecule has 0 aliphatic carbocycles. The number of halogens is 4. The normalized spacial score (nSPS) is 11.5. The van der Waals surface area contributed by atoms with Crippen molar-refractivity contribution < 1.29 is 8.78 Å². The lowest BCUT2D eigenvalue weighted by Crippen LogP contribution is -1.93. The predicted molar refractivity (Wildman–Crippen MR) is 61.4 cm³/mol. The Labute approximate surface area is 101 Å². The summed E-state index contributed by atoms with van der Waals surface area (Å²) in [5, 5.41) is 0.396. The lowest BCUT2D eigenvalue weighted by Gasteiger charge is -2.06. The van der Waals surface area contributed by atoms with E-state index in [9.17, 15) is 8.78 Å². The first-order valence-electron chi connectivity index (χ1n) is 4.14. The summed E-state index contributed by atoms with van der Waals surface area (Å²) >= 11 is 6.32. The maximum atomic E-state index is 12.9. The molecule has 0 saturated heterocycles. The molecule has 0 spiro atoms. The summed E-state index contributed by atoms with van der Waals surface area (Å²) in [6, 6.07) is 3.42. The molecule has 1 heterocycles. The van der Waals surface area contributed by atoms with Gasteiger partial charge in [-0.1, -0.05) is 22.0 Å². The highest BCUT2D eigenvalue weighted by Crippen LogP contribution is 2.31. The van der Waals surface area contributed by atoms with E-state index in [2.05, 4.69) is 41.8 Å². The van der Waals surface area contributed by atoms with Crippen LogP contribution in [0.15, 0.2) is 16.9 Å². The number of hydrogen-bond donors (Lipinski definition) is 1. The second-order valence-corrected chi connectivity index (χ2v) is 4.31. The lowest BCUT2D eigenvalue weighted by atomic mass is 10.1. The number of fused-ring (bicyclic) bond motifs is 1. The summed E-state index contributed by atoms with van der Waals surface area (Å²) in [4.78, 5) is 6.87. The summed E-state index contributed by atoms with van der Waals surface area (Å²) in [6.07, 6.45) is -2.52. The zero-order valence-electron chi connectivity index (χ0n) is 7.40. The molecule has 80 valence electrons. The Bertz CT molecular complexity index is 496. The number of nitrogens with one attached hydrogen (secondary N) is 1. The Hall–Kier alpha value is -0.490. The van der Waals surface area contributed by atoms with Crippen LogP contribution in [0.5, 0.6) is 0 Å². The molecule has 0 unspecified atom stereocenters. The van der Waals surface area contributed by atoms with Gasteiger partial charge in [-0.3, -0.25) is 0 Å². The van der Waals surface area contributed by atoms with Crippen LogP contribution in [0.4, 0.5) is 8.78 Å². The number of nitrogens with zero attached hydrogens (tertiary/aromatic N) is 1. The second kappa shape index (κ2) is 4.17. The Morgan fingerprint density at radius 3 is 2.73 bits per heavy atom. The molecule has 2 nitrogen and oxygen atoms in total. The van der Waals surface area contributed by atoms with Gasteiger partial charge in [-0.2, -0.15) is 0 Å². The molecule has 6 heteroatoms. The van der Waals surface area contributed by atoms with Crippen LogP contribution >= 0.6 is 31.9 Å². The minimum Gasteiger partial charge on any atom is -0.332 e. The molecule has 1 aromatic carbocycles. The largest absolute Gasteiger partial charge is 0.332 e. The number of benzene rings is 1. The standard InChI is InChI=1S/C9H6Br2F2N2/c10-3-4-1-2-5-7(6(4)8(12)13)15-9(11)14-5/h1-2,8H,3H2,(H,14,15). The number of imidazole rings is 1.